The average molecular weight is 335 g/mol. The fraction of sp³-hybridized carbons (Fsp3) is 0.250. The van der Waals surface area contributed by atoms with Crippen LogP contribution in [0.4, 0.5) is 6.01 Å². The van der Waals surface area contributed by atoms with E-state index in [2.05, 4.69) is 46.7 Å². The lowest BCUT2D eigenvalue weighted by molar-refractivity contribution is -0.115. The second kappa shape index (κ2) is 7.75. The van der Waals surface area contributed by atoms with Gasteiger partial charge in [0.1, 0.15) is 0 Å². The van der Waals surface area contributed by atoms with Gasteiger partial charge in [-0.05, 0) is 30.0 Å². The highest BCUT2D eigenvalue weighted by Crippen LogP contribution is 2.13. The molecule has 0 saturated heterocycles. The highest BCUT2D eigenvalue weighted by molar-refractivity contribution is 5.90. The molecule has 0 spiro atoms. The van der Waals surface area contributed by atoms with E-state index in [-0.39, 0.29) is 18.3 Å². The summed E-state index contributed by atoms with van der Waals surface area (Å²) >= 11 is 0. The van der Waals surface area contributed by atoms with Crippen molar-refractivity contribution in [1.82, 2.24) is 10.2 Å². The largest absolute Gasteiger partial charge is 0.407 e. The Morgan fingerprint density at radius 2 is 1.80 bits per heavy atom. The van der Waals surface area contributed by atoms with Gasteiger partial charge >= 0.3 is 6.01 Å². The number of aryl methyl sites for hydroxylation is 2. The summed E-state index contributed by atoms with van der Waals surface area (Å²) in [6.45, 7) is 4.12. The van der Waals surface area contributed by atoms with Gasteiger partial charge in [-0.3, -0.25) is 10.1 Å². The first-order chi connectivity index (χ1) is 12.1. The van der Waals surface area contributed by atoms with Crippen LogP contribution in [0.25, 0.3) is 0 Å². The van der Waals surface area contributed by atoms with E-state index >= 15 is 0 Å². The Kier molecular flexibility index (Phi) is 5.23. The first-order valence-corrected chi connectivity index (χ1v) is 8.38. The Balaban J connectivity index is 1.58. The summed E-state index contributed by atoms with van der Waals surface area (Å²) < 4.78 is 5.52. The van der Waals surface area contributed by atoms with E-state index in [0.717, 1.165) is 23.1 Å². The minimum atomic E-state index is -0.173. The molecule has 128 valence electrons. The van der Waals surface area contributed by atoms with Gasteiger partial charge in [0.2, 0.25) is 11.8 Å². The predicted octanol–water partition coefficient (Wildman–Crippen LogP) is 3.71. The first-order valence-electron chi connectivity index (χ1n) is 8.38. The highest BCUT2D eigenvalue weighted by atomic mass is 16.4. The number of anilines is 1. The minimum Gasteiger partial charge on any atom is -0.407 e. The van der Waals surface area contributed by atoms with Crippen LogP contribution in [0.1, 0.15) is 35.1 Å². The van der Waals surface area contributed by atoms with Crippen LogP contribution in [0.3, 0.4) is 0 Å². The van der Waals surface area contributed by atoms with Gasteiger partial charge in [-0.25, -0.2) is 0 Å². The monoisotopic (exact) mass is 335 g/mol. The quantitative estimate of drug-likeness (QED) is 0.745. The molecular formula is C20H21N3O2. The number of nitrogens with one attached hydrogen (secondary N) is 1. The van der Waals surface area contributed by atoms with Gasteiger partial charge < -0.3 is 4.42 Å². The maximum absolute atomic E-state index is 12.1. The Hall–Kier alpha value is -2.95. The Labute approximate surface area is 147 Å². The summed E-state index contributed by atoms with van der Waals surface area (Å²) in [6.07, 6.45) is 1.83. The van der Waals surface area contributed by atoms with Gasteiger partial charge in [-0.1, -0.05) is 66.1 Å². The zero-order valence-electron chi connectivity index (χ0n) is 14.5. The van der Waals surface area contributed by atoms with Crippen molar-refractivity contribution in [3.63, 3.8) is 0 Å². The molecule has 1 N–H and O–H groups in total. The number of rotatable bonds is 6. The van der Waals surface area contributed by atoms with E-state index in [4.69, 9.17) is 4.42 Å². The molecule has 3 rings (SSSR count). The Morgan fingerprint density at radius 1 is 1.04 bits per heavy atom. The van der Waals surface area contributed by atoms with Crippen molar-refractivity contribution in [2.75, 3.05) is 5.32 Å². The smallest absolute Gasteiger partial charge is 0.322 e. The molecule has 0 aliphatic heterocycles. The van der Waals surface area contributed by atoms with Crippen molar-refractivity contribution in [2.24, 2.45) is 0 Å². The zero-order chi connectivity index (χ0) is 17.6. The normalized spacial score (nSPS) is 10.6. The van der Waals surface area contributed by atoms with Crippen molar-refractivity contribution < 1.29 is 9.21 Å². The predicted molar refractivity (Wildman–Crippen MR) is 96.4 cm³/mol. The van der Waals surface area contributed by atoms with Crippen LogP contribution in [-0.2, 0) is 24.1 Å². The first kappa shape index (κ1) is 16.9. The van der Waals surface area contributed by atoms with Gasteiger partial charge in [0.05, 0.1) is 12.8 Å². The van der Waals surface area contributed by atoms with Crippen LogP contribution in [-0.4, -0.2) is 16.1 Å². The van der Waals surface area contributed by atoms with Gasteiger partial charge in [-0.15, -0.1) is 5.10 Å². The lowest BCUT2D eigenvalue weighted by Crippen LogP contribution is -2.14. The SMILES string of the molecule is CCc1ccc(Cc2nnc(NC(=O)Cc3cccc(C)c3)o2)cc1. The number of benzene rings is 2. The molecule has 25 heavy (non-hydrogen) atoms. The van der Waals surface area contributed by atoms with Crippen LogP contribution >= 0.6 is 0 Å². The van der Waals surface area contributed by atoms with Crippen molar-refractivity contribution in [3.05, 3.63) is 76.7 Å². The van der Waals surface area contributed by atoms with Gasteiger partial charge in [0.15, 0.2) is 0 Å². The topological polar surface area (TPSA) is 68.0 Å². The summed E-state index contributed by atoms with van der Waals surface area (Å²) in [5, 5.41) is 10.5. The lowest BCUT2D eigenvalue weighted by Gasteiger charge is -2.02. The van der Waals surface area contributed by atoms with E-state index in [9.17, 15) is 4.79 Å². The standard InChI is InChI=1S/C20H21N3O2/c1-3-15-7-9-16(10-8-15)13-19-22-23-20(25-19)21-18(24)12-17-6-4-5-14(2)11-17/h4-11H,3,12-13H2,1-2H3,(H,21,23,24). The van der Waals surface area contributed by atoms with Gasteiger partial charge in [-0.2, -0.15) is 0 Å². The molecule has 5 nitrogen and oxygen atoms in total. The molecule has 0 saturated carbocycles. The second-order valence-electron chi connectivity index (χ2n) is 6.06. The van der Waals surface area contributed by atoms with E-state index in [1.54, 1.807) is 0 Å². The molecule has 2 aromatic carbocycles. The highest BCUT2D eigenvalue weighted by Gasteiger charge is 2.11. The molecule has 3 aromatic rings. The second-order valence-corrected chi connectivity index (χ2v) is 6.06. The zero-order valence-corrected chi connectivity index (χ0v) is 14.5. The average Bonchev–Trinajstić information content (AvgIpc) is 3.02. The summed E-state index contributed by atoms with van der Waals surface area (Å²) in [5.41, 5.74) is 4.46. The molecule has 0 atom stereocenters. The van der Waals surface area contributed by atoms with Crippen molar-refractivity contribution >= 4 is 11.9 Å². The van der Waals surface area contributed by atoms with Crippen molar-refractivity contribution in [2.45, 2.75) is 33.1 Å². The van der Waals surface area contributed by atoms with E-state index < -0.39 is 0 Å². The van der Waals surface area contributed by atoms with Crippen molar-refractivity contribution in [3.8, 4) is 0 Å². The van der Waals surface area contributed by atoms with Crippen molar-refractivity contribution in [1.29, 1.82) is 0 Å². The molecule has 0 aliphatic carbocycles. The van der Waals surface area contributed by atoms with E-state index in [0.29, 0.717) is 12.3 Å². The third-order valence-electron chi connectivity index (χ3n) is 3.95. The molecule has 0 unspecified atom stereocenters. The van der Waals surface area contributed by atoms with E-state index in [1.807, 2.05) is 31.2 Å². The number of hydrogen-bond acceptors (Lipinski definition) is 4. The lowest BCUT2D eigenvalue weighted by atomic mass is 10.1. The van der Waals surface area contributed by atoms with Crippen LogP contribution < -0.4 is 5.32 Å². The molecule has 0 bridgehead atoms. The van der Waals surface area contributed by atoms with Crippen LogP contribution in [0.2, 0.25) is 0 Å². The molecule has 0 radical (unpaired) electrons. The number of carbonyl (C=O) groups is 1. The summed E-state index contributed by atoms with van der Waals surface area (Å²) in [7, 11) is 0. The number of hydrogen-bond donors (Lipinski definition) is 1. The fourth-order valence-corrected chi connectivity index (χ4v) is 2.61. The number of aromatic nitrogens is 2. The van der Waals surface area contributed by atoms with E-state index in [1.165, 1.54) is 5.56 Å². The summed E-state index contributed by atoms with van der Waals surface area (Å²) in [4.78, 5) is 12.1. The molecular weight excluding hydrogens is 314 g/mol. The number of nitrogens with zero attached hydrogens (tertiary/aromatic N) is 2. The molecule has 1 heterocycles. The molecule has 5 heteroatoms. The maximum Gasteiger partial charge on any atom is 0.322 e. The van der Waals surface area contributed by atoms with Gasteiger partial charge in [0.25, 0.3) is 0 Å². The van der Waals surface area contributed by atoms with Crippen LogP contribution in [0.5, 0.6) is 0 Å². The van der Waals surface area contributed by atoms with Crippen LogP contribution in [0.15, 0.2) is 52.9 Å². The molecule has 1 aromatic heterocycles. The number of amides is 1. The Bertz CT molecular complexity index is 853. The molecule has 0 fully saturated rings. The number of carbonyl (C=O) groups excluding carboxylic acids is 1. The maximum atomic E-state index is 12.1. The Morgan fingerprint density at radius 3 is 2.52 bits per heavy atom. The summed E-state index contributed by atoms with van der Waals surface area (Å²) in [5.74, 6) is 0.309. The fourth-order valence-electron chi connectivity index (χ4n) is 2.61. The minimum absolute atomic E-state index is 0.137. The third-order valence-corrected chi connectivity index (χ3v) is 3.95. The molecule has 0 aliphatic rings. The van der Waals surface area contributed by atoms with Crippen LogP contribution in [0, 0.1) is 6.92 Å². The third kappa shape index (κ3) is 4.76. The summed E-state index contributed by atoms with van der Waals surface area (Å²) in [6, 6.07) is 16.3. The molecule has 1 amide bonds. The van der Waals surface area contributed by atoms with Gasteiger partial charge in [0, 0.05) is 0 Å².